The minimum Gasteiger partial charge on any atom is -0.328 e. The Morgan fingerprint density at radius 1 is 1.36 bits per heavy atom. The van der Waals surface area contributed by atoms with Gasteiger partial charge in [0.2, 0.25) is 5.03 Å². The molecule has 0 aliphatic heterocycles. The van der Waals surface area contributed by atoms with Crippen molar-refractivity contribution in [1.82, 2.24) is 13.4 Å². The van der Waals surface area contributed by atoms with Crippen molar-refractivity contribution in [2.45, 2.75) is 24.4 Å². The highest BCUT2D eigenvalue weighted by Crippen LogP contribution is 2.31. The van der Waals surface area contributed by atoms with Gasteiger partial charge in [0.25, 0.3) is 10.0 Å². The van der Waals surface area contributed by atoms with Crippen LogP contribution in [0.15, 0.2) is 47.1 Å². The number of aromatic nitrogens is 3. The van der Waals surface area contributed by atoms with Gasteiger partial charge >= 0.3 is 0 Å². The molecule has 0 spiro atoms. The molecule has 1 aromatic carbocycles. The van der Waals surface area contributed by atoms with E-state index in [2.05, 4.69) is 4.98 Å². The summed E-state index contributed by atoms with van der Waals surface area (Å²) < 4.78 is 29.4. The van der Waals surface area contributed by atoms with Gasteiger partial charge in [-0.05, 0) is 25.0 Å². The van der Waals surface area contributed by atoms with Gasteiger partial charge in [-0.2, -0.15) is 8.42 Å². The molecular formula is C16H15ClN4O2S2. The van der Waals surface area contributed by atoms with E-state index >= 15 is 0 Å². The Morgan fingerprint density at radius 3 is 2.88 bits per heavy atom. The maximum absolute atomic E-state index is 13.3. The number of benzene rings is 1. The molecule has 0 aliphatic carbocycles. The van der Waals surface area contributed by atoms with Crippen LogP contribution < -0.4 is 5.73 Å². The first-order chi connectivity index (χ1) is 11.9. The van der Waals surface area contributed by atoms with E-state index in [4.69, 9.17) is 17.3 Å². The molecule has 0 amide bonds. The third-order valence-electron chi connectivity index (χ3n) is 3.98. The Labute approximate surface area is 153 Å². The minimum absolute atomic E-state index is 0.0292. The fourth-order valence-corrected chi connectivity index (χ4v) is 5.80. The van der Waals surface area contributed by atoms with E-state index in [1.807, 2.05) is 25.1 Å². The smallest absolute Gasteiger partial charge is 0.287 e. The van der Waals surface area contributed by atoms with E-state index in [1.54, 1.807) is 23.8 Å². The van der Waals surface area contributed by atoms with Crippen molar-refractivity contribution in [3.63, 3.8) is 0 Å². The molecule has 6 nitrogen and oxygen atoms in total. The average Bonchev–Trinajstić information content (AvgIpc) is 3.20. The zero-order valence-corrected chi connectivity index (χ0v) is 15.6. The SMILES string of the molecule is CC(N)Cc1cn(S(=O)(=O)c2c(Cl)nc3sccn23)c2ccccc12. The molecule has 3 heterocycles. The number of thiazole rings is 1. The monoisotopic (exact) mass is 394 g/mol. The second-order valence-electron chi connectivity index (χ2n) is 5.92. The zero-order chi connectivity index (χ0) is 17.8. The van der Waals surface area contributed by atoms with Crippen molar-refractivity contribution in [2.24, 2.45) is 5.73 Å². The van der Waals surface area contributed by atoms with Gasteiger partial charge in [0.15, 0.2) is 10.1 Å². The van der Waals surface area contributed by atoms with Gasteiger partial charge in [0, 0.05) is 29.2 Å². The highest BCUT2D eigenvalue weighted by atomic mass is 35.5. The van der Waals surface area contributed by atoms with E-state index in [0.29, 0.717) is 16.9 Å². The van der Waals surface area contributed by atoms with Gasteiger partial charge in [-0.25, -0.2) is 8.96 Å². The number of para-hydroxylation sites is 1. The number of imidazole rings is 1. The lowest BCUT2D eigenvalue weighted by Crippen LogP contribution is -2.18. The van der Waals surface area contributed by atoms with Gasteiger partial charge < -0.3 is 5.73 Å². The molecule has 0 bridgehead atoms. The normalized spacial score (nSPS) is 13.7. The molecule has 2 N–H and O–H groups in total. The fourth-order valence-electron chi connectivity index (χ4n) is 2.99. The van der Waals surface area contributed by atoms with Crippen LogP contribution in [0.2, 0.25) is 5.15 Å². The fraction of sp³-hybridized carbons (Fsp3) is 0.188. The highest BCUT2D eigenvalue weighted by molar-refractivity contribution is 7.90. The Hall–Kier alpha value is -1.87. The molecule has 4 aromatic rings. The minimum atomic E-state index is -3.91. The number of fused-ring (bicyclic) bond motifs is 2. The first-order valence-corrected chi connectivity index (χ1v) is 10.3. The first-order valence-electron chi connectivity index (χ1n) is 7.61. The topological polar surface area (TPSA) is 82.4 Å². The molecule has 0 aliphatic rings. The lowest BCUT2D eigenvalue weighted by Gasteiger charge is -2.07. The summed E-state index contributed by atoms with van der Waals surface area (Å²) in [6.07, 6.45) is 3.86. The first kappa shape index (κ1) is 16.6. The molecule has 4 rings (SSSR count). The molecule has 1 unspecified atom stereocenters. The van der Waals surface area contributed by atoms with Crippen LogP contribution in [0.1, 0.15) is 12.5 Å². The van der Waals surface area contributed by atoms with Crippen molar-refractivity contribution in [3.05, 3.63) is 52.8 Å². The van der Waals surface area contributed by atoms with Crippen LogP contribution in [-0.4, -0.2) is 27.8 Å². The summed E-state index contributed by atoms with van der Waals surface area (Å²) in [7, 11) is -3.91. The lowest BCUT2D eigenvalue weighted by atomic mass is 10.1. The van der Waals surface area contributed by atoms with Crippen molar-refractivity contribution >= 4 is 48.8 Å². The van der Waals surface area contributed by atoms with E-state index in [0.717, 1.165) is 10.9 Å². The largest absolute Gasteiger partial charge is 0.328 e. The molecule has 1 atom stereocenters. The summed E-state index contributed by atoms with van der Waals surface area (Å²) in [5, 5.41) is 2.58. The molecule has 25 heavy (non-hydrogen) atoms. The molecule has 3 aromatic heterocycles. The standard InChI is InChI=1S/C16H15ClN4O2S2/c1-10(18)8-11-9-21(13-5-3-2-4-12(11)13)25(22,23)15-14(17)19-16-20(15)6-7-24-16/h2-7,9-10H,8,18H2,1H3. The number of rotatable bonds is 4. The quantitative estimate of drug-likeness (QED) is 0.576. The number of hydrogen-bond acceptors (Lipinski definition) is 5. The maximum atomic E-state index is 13.3. The lowest BCUT2D eigenvalue weighted by molar-refractivity contribution is 0.584. The van der Waals surface area contributed by atoms with Gasteiger partial charge in [-0.3, -0.25) is 4.40 Å². The van der Waals surface area contributed by atoms with Crippen LogP contribution in [0, 0.1) is 0 Å². The average molecular weight is 395 g/mol. The molecule has 9 heteroatoms. The number of halogens is 1. The van der Waals surface area contributed by atoms with Crippen molar-refractivity contribution in [1.29, 1.82) is 0 Å². The maximum Gasteiger partial charge on any atom is 0.287 e. The van der Waals surface area contributed by atoms with Gasteiger partial charge in [0.1, 0.15) is 0 Å². The van der Waals surface area contributed by atoms with E-state index in [1.165, 1.54) is 19.7 Å². The van der Waals surface area contributed by atoms with Crippen LogP contribution in [0.25, 0.3) is 15.9 Å². The Morgan fingerprint density at radius 2 is 2.12 bits per heavy atom. The Kier molecular flexibility index (Phi) is 3.88. The van der Waals surface area contributed by atoms with Crippen LogP contribution in [0.5, 0.6) is 0 Å². The number of hydrogen-bond donors (Lipinski definition) is 1. The summed E-state index contributed by atoms with van der Waals surface area (Å²) in [5.41, 5.74) is 7.40. The summed E-state index contributed by atoms with van der Waals surface area (Å²) in [6.45, 7) is 1.89. The predicted octanol–water partition coefficient (Wildman–Crippen LogP) is 3.13. The summed E-state index contributed by atoms with van der Waals surface area (Å²) >= 11 is 7.48. The van der Waals surface area contributed by atoms with E-state index in [-0.39, 0.29) is 16.2 Å². The van der Waals surface area contributed by atoms with Crippen LogP contribution >= 0.6 is 22.9 Å². The predicted molar refractivity (Wildman–Crippen MR) is 100.0 cm³/mol. The highest BCUT2D eigenvalue weighted by Gasteiger charge is 2.28. The van der Waals surface area contributed by atoms with Gasteiger partial charge in [-0.1, -0.05) is 29.8 Å². The summed E-state index contributed by atoms with van der Waals surface area (Å²) in [4.78, 5) is 4.67. The molecule has 130 valence electrons. The summed E-state index contributed by atoms with van der Waals surface area (Å²) in [6, 6.07) is 7.29. The number of nitrogens with zero attached hydrogens (tertiary/aromatic N) is 3. The molecule has 0 saturated carbocycles. The van der Waals surface area contributed by atoms with Crippen molar-refractivity contribution in [2.75, 3.05) is 0 Å². The Bertz CT molecular complexity index is 1190. The molecule has 0 fully saturated rings. The zero-order valence-electron chi connectivity index (χ0n) is 13.3. The van der Waals surface area contributed by atoms with Crippen molar-refractivity contribution in [3.8, 4) is 0 Å². The van der Waals surface area contributed by atoms with E-state index < -0.39 is 10.0 Å². The van der Waals surface area contributed by atoms with Gasteiger partial charge in [-0.15, -0.1) is 11.3 Å². The second kappa shape index (κ2) is 5.84. The summed E-state index contributed by atoms with van der Waals surface area (Å²) in [5.74, 6) is 0. The third kappa shape index (κ3) is 2.56. The molecule has 0 radical (unpaired) electrons. The van der Waals surface area contributed by atoms with Crippen LogP contribution in [-0.2, 0) is 16.4 Å². The third-order valence-corrected chi connectivity index (χ3v) is 6.82. The molecule has 0 saturated heterocycles. The van der Waals surface area contributed by atoms with Crippen LogP contribution in [0.3, 0.4) is 0 Å². The second-order valence-corrected chi connectivity index (χ2v) is 8.88. The molecular weight excluding hydrogens is 380 g/mol. The number of nitrogens with two attached hydrogens (primary N) is 1. The van der Waals surface area contributed by atoms with E-state index in [9.17, 15) is 8.42 Å². The van der Waals surface area contributed by atoms with Crippen molar-refractivity contribution < 1.29 is 8.42 Å². The van der Waals surface area contributed by atoms with Gasteiger partial charge in [0.05, 0.1) is 5.52 Å². The Balaban J connectivity index is 2.00. The van der Waals surface area contributed by atoms with Crippen LogP contribution in [0.4, 0.5) is 0 Å².